The van der Waals surface area contributed by atoms with E-state index < -0.39 is 0 Å². The van der Waals surface area contributed by atoms with Crippen LogP contribution in [0.2, 0.25) is 0 Å². The first-order valence-corrected chi connectivity index (χ1v) is 7.73. The molecule has 0 radical (unpaired) electrons. The molecule has 0 aliphatic carbocycles. The number of rotatable bonds is 4. The minimum Gasteiger partial charge on any atom is -0.404 e. The number of hydrogen-bond donors (Lipinski definition) is 2. The van der Waals surface area contributed by atoms with E-state index in [1.165, 1.54) is 24.5 Å². The smallest absolute Gasteiger partial charge is 0.234 e. The first kappa shape index (κ1) is 15.9. The summed E-state index contributed by atoms with van der Waals surface area (Å²) in [5, 5.41) is 7.32. The molecule has 0 spiro atoms. The fraction of sp³-hybridized carbons (Fsp3) is 0.158. The Morgan fingerprint density at radius 2 is 1.83 bits per heavy atom. The first-order valence-electron chi connectivity index (χ1n) is 7.73. The molecule has 2 aromatic carbocycles. The lowest BCUT2D eigenvalue weighted by Gasteiger charge is -2.17. The Hall–Kier alpha value is -2.95. The van der Waals surface area contributed by atoms with Gasteiger partial charge in [0.1, 0.15) is 5.82 Å². The summed E-state index contributed by atoms with van der Waals surface area (Å²) in [6.45, 7) is 0.629. The molecule has 1 aliphatic heterocycles. The van der Waals surface area contributed by atoms with Crippen molar-refractivity contribution >= 4 is 23.4 Å². The number of amides is 1. The van der Waals surface area contributed by atoms with Gasteiger partial charge in [0.15, 0.2) is 0 Å². The molecule has 122 valence electrons. The van der Waals surface area contributed by atoms with Crippen molar-refractivity contribution in [1.82, 2.24) is 0 Å². The van der Waals surface area contributed by atoms with Crippen LogP contribution in [0.4, 0.5) is 10.1 Å². The summed E-state index contributed by atoms with van der Waals surface area (Å²) in [6.07, 6.45) is 3.29. The van der Waals surface area contributed by atoms with Crippen LogP contribution in [0.25, 0.3) is 5.57 Å². The normalized spacial score (nSPS) is 18.0. The zero-order valence-corrected chi connectivity index (χ0v) is 13.1. The maximum atomic E-state index is 13.0. The van der Waals surface area contributed by atoms with Crippen molar-refractivity contribution in [2.24, 2.45) is 5.73 Å². The van der Waals surface area contributed by atoms with E-state index in [1.807, 2.05) is 24.3 Å². The van der Waals surface area contributed by atoms with Crippen molar-refractivity contribution in [2.45, 2.75) is 12.3 Å². The molecule has 4 nitrogen and oxygen atoms in total. The lowest BCUT2D eigenvalue weighted by Crippen LogP contribution is -2.26. The van der Waals surface area contributed by atoms with E-state index in [2.05, 4.69) is 0 Å². The van der Waals surface area contributed by atoms with Crippen LogP contribution in [0.5, 0.6) is 0 Å². The van der Waals surface area contributed by atoms with Gasteiger partial charge in [0.05, 0.1) is 5.92 Å². The van der Waals surface area contributed by atoms with Gasteiger partial charge in [0.2, 0.25) is 5.91 Å². The number of nitrogens with two attached hydrogens (primary N) is 1. The standard InChI is InChI=1S/C19H18FN3O/c20-16-5-1-14(2-6-16)18-9-10-23(19(18)24)17-7-3-13(4-8-17)15(11-21)12-22/h1-8,11-12,18,21H,9-10,22H2/b15-12+,21-11?. The molecule has 1 amide bonds. The number of carbonyl (C=O) groups excluding carboxylic acids is 1. The number of halogens is 1. The van der Waals surface area contributed by atoms with Crippen molar-refractivity contribution in [1.29, 1.82) is 5.41 Å². The van der Waals surface area contributed by atoms with Crippen molar-refractivity contribution in [3.05, 3.63) is 71.7 Å². The predicted molar refractivity (Wildman–Crippen MR) is 93.5 cm³/mol. The van der Waals surface area contributed by atoms with Crippen LogP contribution in [0, 0.1) is 11.2 Å². The second kappa shape index (κ2) is 6.66. The molecule has 0 bridgehead atoms. The maximum absolute atomic E-state index is 13.0. The van der Waals surface area contributed by atoms with Crippen LogP contribution in [0.1, 0.15) is 23.5 Å². The highest BCUT2D eigenvalue weighted by molar-refractivity contribution is 6.08. The molecule has 1 atom stereocenters. The first-order chi connectivity index (χ1) is 11.6. The van der Waals surface area contributed by atoms with Gasteiger partial charge in [-0.2, -0.15) is 0 Å². The Morgan fingerprint density at radius 3 is 2.42 bits per heavy atom. The van der Waals surface area contributed by atoms with Gasteiger partial charge in [-0.25, -0.2) is 4.39 Å². The molecule has 2 aromatic rings. The number of nitrogens with zero attached hydrogens (tertiary/aromatic N) is 1. The predicted octanol–water partition coefficient (Wildman–Crippen LogP) is 3.30. The lowest BCUT2D eigenvalue weighted by molar-refractivity contribution is -0.118. The molecular weight excluding hydrogens is 305 g/mol. The molecule has 5 heteroatoms. The molecule has 1 heterocycles. The molecule has 0 saturated carbocycles. The molecule has 3 N–H and O–H groups in total. The summed E-state index contributed by atoms with van der Waals surface area (Å²) in [5.74, 6) is -0.506. The number of nitrogens with one attached hydrogen (secondary N) is 1. The second-order valence-electron chi connectivity index (χ2n) is 5.70. The van der Waals surface area contributed by atoms with E-state index in [0.29, 0.717) is 18.5 Å². The lowest BCUT2D eigenvalue weighted by atomic mass is 9.98. The molecule has 24 heavy (non-hydrogen) atoms. The van der Waals surface area contributed by atoms with E-state index in [4.69, 9.17) is 11.1 Å². The summed E-state index contributed by atoms with van der Waals surface area (Å²) in [7, 11) is 0. The van der Waals surface area contributed by atoms with Gasteiger partial charge < -0.3 is 16.0 Å². The van der Waals surface area contributed by atoms with Gasteiger partial charge in [0.25, 0.3) is 0 Å². The Kier molecular flexibility index (Phi) is 4.42. The minimum absolute atomic E-state index is 0.0241. The molecule has 1 saturated heterocycles. The van der Waals surface area contributed by atoms with Crippen LogP contribution in [0.15, 0.2) is 54.7 Å². The van der Waals surface area contributed by atoms with Crippen LogP contribution in [-0.2, 0) is 4.79 Å². The second-order valence-corrected chi connectivity index (χ2v) is 5.70. The molecule has 1 unspecified atom stereocenters. The summed E-state index contributed by atoms with van der Waals surface area (Å²) in [4.78, 5) is 14.4. The van der Waals surface area contributed by atoms with E-state index in [9.17, 15) is 9.18 Å². The largest absolute Gasteiger partial charge is 0.404 e. The van der Waals surface area contributed by atoms with Gasteiger partial charge in [0, 0.05) is 30.2 Å². The highest BCUT2D eigenvalue weighted by Gasteiger charge is 2.33. The average Bonchev–Trinajstić information content (AvgIpc) is 2.99. The summed E-state index contributed by atoms with van der Waals surface area (Å²) in [6, 6.07) is 13.5. The van der Waals surface area contributed by atoms with Gasteiger partial charge in [-0.15, -0.1) is 0 Å². The third kappa shape index (κ3) is 2.93. The molecule has 0 aromatic heterocycles. The van der Waals surface area contributed by atoms with Gasteiger partial charge >= 0.3 is 0 Å². The van der Waals surface area contributed by atoms with Crippen LogP contribution in [0.3, 0.4) is 0 Å². The molecule has 1 fully saturated rings. The Morgan fingerprint density at radius 1 is 1.17 bits per heavy atom. The van der Waals surface area contributed by atoms with Gasteiger partial charge in [-0.1, -0.05) is 24.3 Å². The van der Waals surface area contributed by atoms with Crippen LogP contribution >= 0.6 is 0 Å². The third-order valence-corrected chi connectivity index (χ3v) is 4.33. The summed E-state index contributed by atoms with van der Waals surface area (Å²) < 4.78 is 13.0. The highest BCUT2D eigenvalue weighted by Crippen LogP contribution is 2.32. The molecule has 3 rings (SSSR count). The topological polar surface area (TPSA) is 70.2 Å². The number of allylic oxidation sites excluding steroid dienone is 1. The van der Waals surface area contributed by atoms with Crippen molar-refractivity contribution in [3.8, 4) is 0 Å². The Balaban J connectivity index is 1.80. The fourth-order valence-corrected chi connectivity index (χ4v) is 3.00. The Labute approximate surface area is 139 Å². The van der Waals surface area contributed by atoms with Gasteiger partial charge in [-0.3, -0.25) is 4.79 Å². The van der Waals surface area contributed by atoms with Crippen molar-refractivity contribution in [2.75, 3.05) is 11.4 Å². The quantitative estimate of drug-likeness (QED) is 0.848. The minimum atomic E-state index is -0.299. The van der Waals surface area contributed by atoms with E-state index >= 15 is 0 Å². The van der Waals surface area contributed by atoms with E-state index in [0.717, 1.165) is 16.8 Å². The average molecular weight is 323 g/mol. The number of hydrogen-bond acceptors (Lipinski definition) is 3. The zero-order valence-electron chi connectivity index (χ0n) is 13.1. The SMILES string of the molecule is N=C/C(=C\N)c1ccc(N2CCC(c3ccc(F)cc3)C2=O)cc1. The van der Waals surface area contributed by atoms with E-state index in [1.54, 1.807) is 17.0 Å². The Bertz CT molecular complexity index is 781. The van der Waals surface area contributed by atoms with Crippen LogP contribution < -0.4 is 10.6 Å². The number of anilines is 1. The fourth-order valence-electron chi connectivity index (χ4n) is 3.00. The summed E-state index contributed by atoms with van der Waals surface area (Å²) in [5.41, 5.74) is 8.60. The molecule has 1 aliphatic rings. The van der Waals surface area contributed by atoms with Gasteiger partial charge in [-0.05, 0) is 41.8 Å². The molecular formula is C19H18FN3O. The zero-order chi connectivity index (χ0) is 17.1. The van der Waals surface area contributed by atoms with E-state index in [-0.39, 0.29) is 17.6 Å². The summed E-state index contributed by atoms with van der Waals surface area (Å²) >= 11 is 0. The van der Waals surface area contributed by atoms with Crippen molar-refractivity contribution in [3.63, 3.8) is 0 Å². The maximum Gasteiger partial charge on any atom is 0.234 e. The monoisotopic (exact) mass is 323 g/mol. The highest BCUT2D eigenvalue weighted by atomic mass is 19.1. The third-order valence-electron chi connectivity index (χ3n) is 4.33. The van der Waals surface area contributed by atoms with Crippen molar-refractivity contribution < 1.29 is 9.18 Å². The number of carbonyl (C=O) groups is 1. The van der Waals surface area contributed by atoms with Crippen LogP contribution in [-0.4, -0.2) is 18.7 Å². The number of benzene rings is 2.